The van der Waals surface area contributed by atoms with Gasteiger partial charge in [-0.2, -0.15) is 5.10 Å². The van der Waals surface area contributed by atoms with Gasteiger partial charge in [-0.3, -0.25) is 9.59 Å². The fraction of sp³-hybridized carbons (Fsp3) is 0.0769. The van der Waals surface area contributed by atoms with Gasteiger partial charge in [-0.05, 0) is 43.3 Å². The number of carbonyl (C=O) groups is 3. The summed E-state index contributed by atoms with van der Waals surface area (Å²) < 4.78 is 7.13. The van der Waals surface area contributed by atoms with Crippen LogP contribution in [0.25, 0.3) is 10.1 Å². The quantitative estimate of drug-likeness (QED) is 0.126. The molecule has 2 amide bonds. The first-order chi connectivity index (χ1) is 17.3. The molecule has 0 atom stereocenters. The average Bonchev–Trinajstić information content (AvgIpc) is 3.21. The summed E-state index contributed by atoms with van der Waals surface area (Å²) in [6.45, 7) is 1.63. The third-order valence-corrected chi connectivity index (χ3v) is 7.17. The molecule has 2 N–H and O–H groups in total. The fourth-order valence-corrected chi connectivity index (χ4v) is 4.99. The van der Waals surface area contributed by atoms with Crippen LogP contribution in [0.15, 0.2) is 76.3 Å². The molecular formula is C26H19BrClN3O4S. The molecule has 0 fully saturated rings. The number of benzene rings is 3. The Morgan fingerprint density at radius 1 is 1.08 bits per heavy atom. The lowest BCUT2D eigenvalue weighted by Gasteiger charge is -2.08. The van der Waals surface area contributed by atoms with Crippen molar-refractivity contribution >= 4 is 73.0 Å². The van der Waals surface area contributed by atoms with Crippen molar-refractivity contribution in [2.24, 2.45) is 5.10 Å². The molecule has 1 heterocycles. The number of amides is 2. The van der Waals surface area contributed by atoms with E-state index in [-0.39, 0.29) is 12.3 Å². The van der Waals surface area contributed by atoms with E-state index >= 15 is 0 Å². The van der Waals surface area contributed by atoms with E-state index in [4.69, 9.17) is 16.3 Å². The van der Waals surface area contributed by atoms with Crippen LogP contribution in [0.5, 0.6) is 5.75 Å². The highest BCUT2D eigenvalue weighted by Gasteiger charge is 2.17. The molecule has 4 rings (SSSR count). The molecule has 0 aliphatic rings. The zero-order valence-electron chi connectivity index (χ0n) is 18.9. The van der Waals surface area contributed by atoms with Crippen molar-refractivity contribution in [3.63, 3.8) is 0 Å². The van der Waals surface area contributed by atoms with Gasteiger partial charge in [-0.1, -0.05) is 63.4 Å². The summed E-state index contributed by atoms with van der Waals surface area (Å²) in [5, 5.41) is 7.61. The summed E-state index contributed by atoms with van der Waals surface area (Å²) in [5.74, 6) is -1.23. The fourth-order valence-electron chi connectivity index (χ4n) is 3.18. The third kappa shape index (κ3) is 6.17. The van der Waals surface area contributed by atoms with Crippen LogP contribution < -0.4 is 15.5 Å². The Bertz CT molecular complexity index is 1480. The predicted octanol–water partition coefficient (Wildman–Crippen LogP) is 5.72. The second-order valence-electron chi connectivity index (χ2n) is 7.65. The molecule has 0 saturated heterocycles. The van der Waals surface area contributed by atoms with Crippen molar-refractivity contribution in [1.82, 2.24) is 10.7 Å². The van der Waals surface area contributed by atoms with Gasteiger partial charge in [0.15, 0.2) is 0 Å². The Morgan fingerprint density at radius 2 is 1.83 bits per heavy atom. The van der Waals surface area contributed by atoms with E-state index in [2.05, 4.69) is 31.8 Å². The lowest BCUT2D eigenvalue weighted by molar-refractivity contribution is -0.120. The van der Waals surface area contributed by atoms with E-state index < -0.39 is 17.8 Å². The number of rotatable bonds is 7. The number of hydrazone groups is 1. The molecule has 3 aromatic carbocycles. The predicted molar refractivity (Wildman–Crippen MR) is 145 cm³/mol. The number of esters is 1. The largest absolute Gasteiger partial charge is 0.422 e. The summed E-state index contributed by atoms with van der Waals surface area (Å²) in [4.78, 5) is 37.5. The molecule has 0 aliphatic carbocycles. The van der Waals surface area contributed by atoms with Crippen molar-refractivity contribution in [3.8, 4) is 5.75 Å². The SMILES string of the molecule is Cc1ccc(C(=O)Oc2ccc(Br)cc2/C=N/NC(=O)CNC(=O)c2sc3ccccc3c2Cl)cc1. The molecule has 7 nitrogen and oxygen atoms in total. The van der Waals surface area contributed by atoms with Gasteiger partial charge in [-0.15, -0.1) is 11.3 Å². The Labute approximate surface area is 224 Å². The molecule has 36 heavy (non-hydrogen) atoms. The topological polar surface area (TPSA) is 96.9 Å². The van der Waals surface area contributed by atoms with Crippen molar-refractivity contribution in [1.29, 1.82) is 0 Å². The molecule has 0 bridgehead atoms. The number of halogens is 2. The Balaban J connectivity index is 1.36. The highest BCUT2D eigenvalue weighted by atomic mass is 79.9. The van der Waals surface area contributed by atoms with Crippen molar-refractivity contribution in [2.45, 2.75) is 6.92 Å². The first kappa shape index (κ1) is 25.6. The number of nitrogens with zero attached hydrogens (tertiary/aromatic N) is 1. The van der Waals surface area contributed by atoms with E-state index in [1.165, 1.54) is 17.6 Å². The van der Waals surface area contributed by atoms with Crippen LogP contribution in [-0.2, 0) is 4.79 Å². The van der Waals surface area contributed by atoms with Gasteiger partial charge >= 0.3 is 5.97 Å². The highest BCUT2D eigenvalue weighted by molar-refractivity contribution is 9.10. The molecule has 0 saturated carbocycles. The van der Waals surface area contributed by atoms with Crippen LogP contribution >= 0.6 is 38.9 Å². The molecule has 10 heteroatoms. The lowest BCUT2D eigenvalue weighted by atomic mass is 10.1. The maximum absolute atomic E-state index is 12.5. The molecule has 0 unspecified atom stereocenters. The summed E-state index contributed by atoms with van der Waals surface area (Å²) >= 11 is 10.9. The number of thiophene rings is 1. The molecule has 0 spiro atoms. The molecule has 182 valence electrons. The number of fused-ring (bicyclic) bond motifs is 1. The zero-order valence-corrected chi connectivity index (χ0v) is 22.0. The van der Waals surface area contributed by atoms with Gasteiger partial charge in [0.2, 0.25) is 0 Å². The minimum absolute atomic E-state index is 0.273. The number of ether oxygens (including phenoxy) is 1. The number of nitrogens with one attached hydrogen (secondary N) is 2. The Hall–Kier alpha value is -3.53. The second kappa shape index (κ2) is 11.5. The van der Waals surface area contributed by atoms with Gasteiger partial charge in [0.25, 0.3) is 11.8 Å². The smallest absolute Gasteiger partial charge is 0.343 e. The minimum atomic E-state index is -0.537. The van der Waals surface area contributed by atoms with Gasteiger partial charge < -0.3 is 10.1 Å². The number of hydrogen-bond acceptors (Lipinski definition) is 6. The van der Waals surface area contributed by atoms with E-state index in [9.17, 15) is 14.4 Å². The van der Waals surface area contributed by atoms with Crippen molar-refractivity contribution < 1.29 is 19.1 Å². The van der Waals surface area contributed by atoms with E-state index in [1.807, 2.05) is 43.3 Å². The van der Waals surface area contributed by atoms with Crippen LogP contribution in [0.3, 0.4) is 0 Å². The van der Waals surface area contributed by atoms with Gasteiger partial charge in [0.05, 0.1) is 23.3 Å². The van der Waals surface area contributed by atoms with E-state index in [1.54, 1.807) is 30.3 Å². The van der Waals surface area contributed by atoms with Crippen molar-refractivity contribution in [2.75, 3.05) is 6.54 Å². The van der Waals surface area contributed by atoms with E-state index in [0.717, 1.165) is 20.1 Å². The van der Waals surface area contributed by atoms with Crippen LogP contribution in [0.4, 0.5) is 0 Å². The normalized spacial score (nSPS) is 11.0. The maximum Gasteiger partial charge on any atom is 0.343 e. The van der Waals surface area contributed by atoms with Crippen molar-refractivity contribution in [3.05, 3.63) is 97.8 Å². The highest BCUT2D eigenvalue weighted by Crippen LogP contribution is 2.34. The zero-order chi connectivity index (χ0) is 25.7. The minimum Gasteiger partial charge on any atom is -0.422 e. The summed E-state index contributed by atoms with van der Waals surface area (Å²) in [5.41, 5.74) is 4.25. The monoisotopic (exact) mass is 583 g/mol. The van der Waals surface area contributed by atoms with Crippen LogP contribution in [0.2, 0.25) is 5.02 Å². The van der Waals surface area contributed by atoms with Gasteiger partial charge in [0, 0.05) is 20.1 Å². The molecule has 0 radical (unpaired) electrons. The number of aryl methyl sites for hydroxylation is 1. The van der Waals surface area contributed by atoms with Gasteiger partial charge in [-0.25, -0.2) is 10.2 Å². The van der Waals surface area contributed by atoms with Crippen LogP contribution in [0, 0.1) is 6.92 Å². The average molecular weight is 585 g/mol. The first-order valence-corrected chi connectivity index (χ1v) is 12.7. The summed E-state index contributed by atoms with van der Waals surface area (Å²) in [6, 6.07) is 19.5. The van der Waals surface area contributed by atoms with Crippen LogP contribution in [0.1, 0.15) is 31.2 Å². The third-order valence-electron chi connectivity index (χ3n) is 5.01. The van der Waals surface area contributed by atoms with Crippen LogP contribution in [-0.4, -0.2) is 30.5 Å². The summed E-state index contributed by atoms with van der Waals surface area (Å²) in [6.07, 6.45) is 1.35. The lowest BCUT2D eigenvalue weighted by Crippen LogP contribution is -2.34. The molecular weight excluding hydrogens is 566 g/mol. The maximum atomic E-state index is 12.5. The summed E-state index contributed by atoms with van der Waals surface area (Å²) in [7, 11) is 0. The van der Waals surface area contributed by atoms with Gasteiger partial charge in [0.1, 0.15) is 10.6 Å². The molecule has 4 aromatic rings. The van der Waals surface area contributed by atoms with E-state index in [0.29, 0.717) is 21.0 Å². The molecule has 0 aliphatic heterocycles. The second-order valence-corrected chi connectivity index (χ2v) is 10.0. The number of hydrogen-bond donors (Lipinski definition) is 2. The molecule has 1 aromatic heterocycles. The first-order valence-electron chi connectivity index (χ1n) is 10.7. The standard InChI is InChI=1S/C26H19BrClN3O4S/c1-15-6-8-16(9-7-15)26(34)35-20-11-10-18(27)12-17(20)13-30-31-22(32)14-29-25(33)24-23(28)19-4-2-3-5-21(19)36-24/h2-13H,14H2,1H3,(H,29,33)(H,31,32)/b30-13+. The Kier molecular flexibility index (Phi) is 8.14. The Morgan fingerprint density at radius 3 is 2.58 bits per heavy atom. The number of carbonyl (C=O) groups excluding carboxylic acids is 3.